The summed E-state index contributed by atoms with van der Waals surface area (Å²) in [5, 5.41) is 18.6. The first-order valence-corrected chi connectivity index (χ1v) is 10.9. The molecule has 2 heterocycles. The molecule has 10 nitrogen and oxygen atoms in total. The summed E-state index contributed by atoms with van der Waals surface area (Å²) >= 11 is 0. The molecule has 2 atom stereocenters. The van der Waals surface area contributed by atoms with E-state index >= 15 is 0 Å². The number of hydrogen-bond acceptors (Lipinski definition) is 9. The number of carbonyl (C=O) groups excluding carboxylic acids is 4. The number of fused-ring (bicyclic) bond motifs is 1. The molecule has 0 aliphatic carbocycles. The predicted octanol–water partition coefficient (Wildman–Crippen LogP) is 2.07. The van der Waals surface area contributed by atoms with Gasteiger partial charge in [0.15, 0.2) is 0 Å². The summed E-state index contributed by atoms with van der Waals surface area (Å²) in [6, 6.07) is 2.94. The van der Waals surface area contributed by atoms with Crippen molar-refractivity contribution in [3.8, 4) is 11.5 Å². The Labute approximate surface area is 190 Å². The van der Waals surface area contributed by atoms with E-state index in [0.717, 1.165) is 0 Å². The second-order valence-corrected chi connectivity index (χ2v) is 8.11. The maximum absolute atomic E-state index is 12.9. The third-order valence-electron chi connectivity index (χ3n) is 5.68. The Morgan fingerprint density at radius 1 is 1.06 bits per heavy atom. The number of rotatable bonds is 4. The molecule has 10 heteroatoms. The number of cyclic esters (lactones) is 1. The van der Waals surface area contributed by atoms with E-state index in [2.05, 4.69) is 10.2 Å². The van der Waals surface area contributed by atoms with Crippen molar-refractivity contribution in [1.82, 2.24) is 15.0 Å². The summed E-state index contributed by atoms with van der Waals surface area (Å²) in [6.45, 7) is 4.08. The summed E-state index contributed by atoms with van der Waals surface area (Å²) in [4.78, 5) is 50.6. The van der Waals surface area contributed by atoms with Crippen LogP contribution in [0.25, 0.3) is 0 Å². The molecular formula is C23H27N3O7. The van der Waals surface area contributed by atoms with E-state index in [1.54, 1.807) is 32.3 Å². The molecule has 2 aromatic rings. The SMILES string of the molecule is C[C@@H]1CCC(=O)C(=O)C(=O)CCCc2cc(OCCn3nccn3)cc(O)c2C(=O)O[C@H]1C. The molecule has 33 heavy (non-hydrogen) atoms. The van der Waals surface area contributed by atoms with Crippen LogP contribution in [-0.2, 0) is 32.1 Å². The first kappa shape index (κ1) is 24.1. The average Bonchev–Trinajstić information content (AvgIpc) is 3.29. The lowest BCUT2D eigenvalue weighted by Crippen LogP contribution is -2.27. The normalized spacial score (nSPS) is 20.7. The highest BCUT2D eigenvalue weighted by Gasteiger charge is 2.27. The van der Waals surface area contributed by atoms with Gasteiger partial charge in [-0.3, -0.25) is 14.4 Å². The molecule has 0 bridgehead atoms. The van der Waals surface area contributed by atoms with Crippen molar-refractivity contribution in [2.45, 2.75) is 58.6 Å². The van der Waals surface area contributed by atoms with Crippen molar-refractivity contribution in [2.24, 2.45) is 5.92 Å². The van der Waals surface area contributed by atoms with E-state index in [1.807, 2.05) is 0 Å². The Morgan fingerprint density at radius 3 is 2.48 bits per heavy atom. The Bertz CT molecular complexity index is 1030. The van der Waals surface area contributed by atoms with Crippen molar-refractivity contribution in [1.29, 1.82) is 0 Å². The van der Waals surface area contributed by atoms with Gasteiger partial charge in [-0.25, -0.2) is 4.79 Å². The van der Waals surface area contributed by atoms with Crippen LogP contribution >= 0.6 is 0 Å². The predicted molar refractivity (Wildman–Crippen MR) is 115 cm³/mol. The van der Waals surface area contributed by atoms with Crippen molar-refractivity contribution >= 4 is 23.3 Å². The van der Waals surface area contributed by atoms with Crippen LogP contribution in [0.15, 0.2) is 24.5 Å². The minimum atomic E-state index is -0.990. The summed E-state index contributed by atoms with van der Waals surface area (Å²) in [7, 11) is 0. The van der Waals surface area contributed by atoms with Gasteiger partial charge < -0.3 is 14.6 Å². The molecule has 0 saturated carbocycles. The highest BCUT2D eigenvalue weighted by atomic mass is 16.5. The van der Waals surface area contributed by atoms with E-state index < -0.39 is 29.4 Å². The summed E-state index contributed by atoms with van der Waals surface area (Å²) in [6.07, 6.45) is 3.02. The average molecular weight is 457 g/mol. The molecule has 1 N–H and O–H groups in total. The minimum Gasteiger partial charge on any atom is -0.507 e. The smallest absolute Gasteiger partial charge is 0.342 e. The summed E-state index contributed by atoms with van der Waals surface area (Å²) in [5.74, 6) is -3.35. The highest BCUT2D eigenvalue weighted by Crippen LogP contribution is 2.31. The number of ketones is 3. The molecule has 0 spiro atoms. The zero-order valence-corrected chi connectivity index (χ0v) is 18.7. The number of phenolic OH excluding ortho intramolecular Hbond substituents is 1. The molecule has 1 aliphatic rings. The second-order valence-electron chi connectivity index (χ2n) is 8.11. The van der Waals surface area contributed by atoms with Gasteiger partial charge in [0, 0.05) is 18.9 Å². The molecule has 0 radical (unpaired) electrons. The van der Waals surface area contributed by atoms with Crippen LogP contribution in [0.2, 0.25) is 0 Å². The fraction of sp³-hybridized carbons (Fsp3) is 0.478. The van der Waals surface area contributed by atoms with Gasteiger partial charge in [-0.2, -0.15) is 15.0 Å². The Kier molecular flexibility index (Phi) is 7.92. The number of benzene rings is 1. The quantitative estimate of drug-likeness (QED) is 0.540. The number of nitrogens with zero attached hydrogens (tertiary/aromatic N) is 3. The Hall–Kier alpha value is -3.56. The number of aromatic hydroxyl groups is 1. The molecule has 1 aromatic carbocycles. The Morgan fingerprint density at radius 2 is 1.76 bits per heavy atom. The number of hydrogen-bond donors (Lipinski definition) is 1. The van der Waals surface area contributed by atoms with E-state index in [0.29, 0.717) is 24.3 Å². The number of aromatic nitrogens is 3. The maximum atomic E-state index is 12.9. The lowest BCUT2D eigenvalue weighted by Gasteiger charge is -2.22. The highest BCUT2D eigenvalue weighted by molar-refractivity contribution is 6.63. The van der Waals surface area contributed by atoms with E-state index in [-0.39, 0.29) is 49.5 Å². The van der Waals surface area contributed by atoms with Gasteiger partial charge in [-0.1, -0.05) is 6.92 Å². The van der Waals surface area contributed by atoms with E-state index in [4.69, 9.17) is 9.47 Å². The molecule has 0 amide bonds. The number of Topliss-reactive ketones (excluding diaryl/α,β-unsaturated/α-hetero) is 3. The molecular weight excluding hydrogens is 430 g/mol. The van der Waals surface area contributed by atoms with Gasteiger partial charge in [0.1, 0.15) is 29.8 Å². The number of aryl methyl sites for hydroxylation is 1. The van der Waals surface area contributed by atoms with Crippen LogP contribution in [0, 0.1) is 5.92 Å². The van der Waals surface area contributed by atoms with Crippen molar-refractivity contribution < 1.29 is 33.8 Å². The van der Waals surface area contributed by atoms with Gasteiger partial charge in [0.2, 0.25) is 11.6 Å². The standard InChI is InChI=1S/C23H27N3O7/c1-14-6-7-19(28)22(30)18(27)5-3-4-16-12-17(32-11-10-26-24-8-9-25-26)13-20(29)21(16)23(31)33-15(14)2/h8-9,12-15,29H,3-7,10-11H2,1-2H3/t14-,15+/m1/s1. The third kappa shape index (κ3) is 6.24. The zero-order valence-electron chi connectivity index (χ0n) is 18.7. The van der Waals surface area contributed by atoms with Gasteiger partial charge in [-0.15, -0.1) is 0 Å². The molecule has 176 valence electrons. The zero-order chi connectivity index (χ0) is 24.0. The van der Waals surface area contributed by atoms with Crippen molar-refractivity contribution in [3.05, 3.63) is 35.7 Å². The van der Waals surface area contributed by atoms with Crippen LogP contribution in [0.1, 0.15) is 55.5 Å². The molecule has 0 fully saturated rings. The first-order valence-electron chi connectivity index (χ1n) is 10.9. The number of phenols is 1. The monoisotopic (exact) mass is 457 g/mol. The van der Waals surface area contributed by atoms with Gasteiger partial charge in [0.25, 0.3) is 5.78 Å². The Balaban J connectivity index is 1.84. The molecule has 1 aromatic heterocycles. The number of esters is 1. The van der Waals surface area contributed by atoms with Gasteiger partial charge >= 0.3 is 5.97 Å². The topological polar surface area (TPSA) is 138 Å². The fourth-order valence-corrected chi connectivity index (χ4v) is 3.54. The van der Waals surface area contributed by atoms with E-state index in [1.165, 1.54) is 10.9 Å². The maximum Gasteiger partial charge on any atom is 0.342 e. The van der Waals surface area contributed by atoms with Crippen molar-refractivity contribution in [3.63, 3.8) is 0 Å². The lowest BCUT2D eigenvalue weighted by atomic mass is 9.94. The van der Waals surface area contributed by atoms with Gasteiger partial charge in [-0.05, 0) is 43.7 Å². The largest absolute Gasteiger partial charge is 0.507 e. The first-order chi connectivity index (χ1) is 15.8. The number of carbonyl (C=O) groups is 4. The second kappa shape index (κ2) is 10.8. The van der Waals surface area contributed by atoms with Crippen LogP contribution in [0.5, 0.6) is 11.5 Å². The molecule has 1 aliphatic heterocycles. The third-order valence-corrected chi connectivity index (χ3v) is 5.68. The molecule has 0 saturated heterocycles. The van der Waals surface area contributed by atoms with Crippen molar-refractivity contribution in [2.75, 3.05) is 6.61 Å². The number of ether oxygens (including phenoxy) is 2. The van der Waals surface area contributed by atoms with Crippen LogP contribution < -0.4 is 4.74 Å². The molecule has 3 rings (SSSR count). The van der Waals surface area contributed by atoms with Crippen LogP contribution in [0.4, 0.5) is 0 Å². The summed E-state index contributed by atoms with van der Waals surface area (Å²) in [5.41, 5.74) is 0.428. The van der Waals surface area contributed by atoms with Crippen LogP contribution in [-0.4, -0.2) is 56.1 Å². The van der Waals surface area contributed by atoms with E-state index in [9.17, 15) is 24.3 Å². The minimum absolute atomic E-state index is 0.00190. The fourth-order valence-electron chi connectivity index (χ4n) is 3.54. The molecule has 0 unspecified atom stereocenters. The van der Waals surface area contributed by atoms with Crippen LogP contribution in [0.3, 0.4) is 0 Å². The lowest BCUT2D eigenvalue weighted by molar-refractivity contribution is -0.144. The summed E-state index contributed by atoms with van der Waals surface area (Å²) < 4.78 is 11.2. The van der Waals surface area contributed by atoms with Gasteiger partial charge in [0.05, 0.1) is 18.9 Å².